The lowest BCUT2D eigenvalue weighted by atomic mass is 10.2. The fourth-order valence-electron chi connectivity index (χ4n) is 0.862. The summed E-state index contributed by atoms with van der Waals surface area (Å²) in [5.41, 5.74) is 0.759. The maximum absolute atomic E-state index is 12.0. The second-order valence-corrected chi connectivity index (χ2v) is 2.61. The molecule has 1 unspecified atom stereocenters. The van der Waals surface area contributed by atoms with E-state index in [4.69, 9.17) is 5.11 Å². The van der Waals surface area contributed by atoms with E-state index < -0.39 is 12.5 Å². The standard InChI is InChI=1S/C7H10F2N2O/c1-4-3-5(10-11(4)2)6(12)7(8)9/h3,6-7,12H,1-2H3. The number of rotatable bonds is 2. The molecule has 1 aromatic heterocycles. The highest BCUT2D eigenvalue weighted by molar-refractivity contribution is 5.11. The number of hydrogen-bond acceptors (Lipinski definition) is 2. The van der Waals surface area contributed by atoms with Gasteiger partial charge in [-0.1, -0.05) is 0 Å². The Morgan fingerprint density at radius 1 is 1.58 bits per heavy atom. The van der Waals surface area contributed by atoms with Gasteiger partial charge in [0, 0.05) is 12.7 Å². The van der Waals surface area contributed by atoms with Gasteiger partial charge >= 0.3 is 0 Å². The second-order valence-electron chi connectivity index (χ2n) is 2.61. The summed E-state index contributed by atoms with van der Waals surface area (Å²) < 4.78 is 25.4. The summed E-state index contributed by atoms with van der Waals surface area (Å²) in [5.74, 6) is 0. The zero-order valence-electron chi connectivity index (χ0n) is 6.83. The predicted octanol–water partition coefficient (Wildman–Crippen LogP) is 1.03. The second kappa shape index (κ2) is 3.18. The van der Waals surface area contributed by atoms with Gasteiger partial charge in [0.1, 0.15) is 0 Å². The number of halogens is 2. The van der Waals surface area contributed by atoms with Crippen molar-refractivity contribution < 1.29 is 13.9 Å². The van der Waals surface area contributed by atoms with E-state index in [9.17, 15) is 8.78 Å². The molecular weight excluding hydrogens is 166 g/mol. The highest BCUT2D eigenvalue weighted by Gasteiger charge is 2.21. The average Bonchev–Trinajstić information content (AvgIpc) is 2.30. The smallest absolute Gasteiger partial charge is 0.269 e. The summed E-state index contributed by atoms with van der Waals surface area (Å²) in [6.07, 6.45) is -4.55. The molecule has 0 saturated heterocycles. The Labute approximate surface area is 68.6 Å². The first-order valence-corrected chi connectivity index (χ1v) is 3.49. The zero-order valence-corrected chi connectivity index (χ0v) is 6.83. The van der Waals surface area contributed by atoms with E-state index in [2.05, 4.69) is 5.10 Å². The molecule has 1 heterocycles. The molecule has 0 amide bonds. The molecule has 1 aromatic rings. The van der Waals surface area contributed by atoms with Crippen LogP contribution in [-0.2, 0) is 7.05 Å². The van der Waals surface area contributed by atoms with Crippen LogP contribution in [0.1, 0.15) is 17.5 Å². The van der Waals surface area contributed by atoms with Gasteiger partial charge in [-0.15, -0.1) is 0 Å². The molecule has 12 heavy (non-hydrogen) atoms. The van der Waals surface area contributed by atoms with Crippen molar-refractivity contribution in [2.45, 2.75) is 19.5 Å². The molecule has 68 valence electrons. The van der Waals surface area contributed by atoms with Gasteiger partial charge in [0.2, 0.25) is 0 Å². The minimum Gasteiger partial charge on any atom is -0.381 e. The van der Waals surface area contributed by atoms with Gasteiger partial charge in [0.05, 0.1) is 5.69 Å². The monoisotopic (exact) mass is 176 g/mol. The first kappa shape index (κ1) is 9.12. The van der Waals surface area contributed by atoms with Crippen LogP contribution in [0.3, 0.4) is 0 Å². The molecule has 0 aromatic carbocycles. The lowest BCUT2D eigenvalue weighted by Gasteiger charge is -2.04. The van der Waals surface area contributed by atoms with Gasteiger partial charge in [0.15, 0.2) is 6.10 Å². The topological polar surface area (TPSA) is 38.1 Å². The number of nitrogens with zero attached hydrogens (tertiary/aromatic N) is 2. The molecule has 1 rings (SSSR count). The first-order chi connectivity index (χ1) is 5.52. The van der Waals surface area contributed by atoms with Gasteiger partial charge in [-0.05, 0) is 13.0 Å². The molecule has 0 spiro atoms. The quantitative estimate of drug-likeness (QED) is 0.730. The lowest BCUT2D eigenvalue weighted by Crippen LogP contribution is -2.09. The molecule has 0 aliphatic carbocycles. The van der Waals surface area contributed by atoms with E-state index in [1.807, 2.05) is 0 Å². The van der Waals surface area contributed by atoms with Crippen LogP contribution in [0.5, 0.6) is 0 Å². The molecule has 1 N–H and O–H groups in total. The third-order valence-corrected chi connectivity index (χ3v) is 1.67. The van der Waals surface area contributed by atoms with E-state index in [0.717, 1.165) is 5.69 Å². The molecule has 5 heteroatoms. The Balaban J connectivity index is 2.89. The van der Waals surface area contributed by atoms with Gasteiger partial charge in [-0.25, -0.2) is 8.78 Å². The van der Waals surface area contributed by atoms with Crippen LogP contribution in [0, 0.1) is 6.92 Å². The van der Waals surface area contributed by atoms with Crippen molar-refractivity contribution in [3.05, 3.63) is 17.5 Å². The first-order valence-electron chi connectivity index (χ1n) is 3.49. The van der Waals surface area contributed by atoms with Crippen molar-refractivity contribution in [1.82, 2.24) is 9.78 Å². The van der Waals surface area contributed by atoms with Crippen molar-refractivity contribution >= 4 is 0 Å². The van der Waals surface area contributed by atoms with Crippen molar-refractivity contribution in [1.29, 1.82) is 0 Å². The summed E-state index contributed by atoms with van der Waals surface area (Å²) >= 11 is 0. The maximum atomic E-state index is 12.0. The van der Waals surface area contributed by atoms with Crippen LogP contribution in [0.2, 0.25) is 0 Å². The average molecular weight is 176 g/mol. The van der Waals surface area contributed by atoms with Crippen LogP contribution in [0.15, 0.2) is 6.07 Å². The number of aliphatic hydroxyl groups excluding tert-OH is 1. The van der Waals surface area contributed by atoms with Crippen molar-refractivity contribution in [2.75, 3.05) is 0 Å². The molecule has 0 fully saturated rings. The maximum Gasteiger partial charge on any atom is 0.269 e. The van der Waals surface area contributed by atoms with E-state index in [-0.39, 0.29) is 5.69 Å². The van der Waals surface area contributed by atoms with E-state index in [0.29, 0.717) is 0 Å². The fourth-order valence-corrected chi connectivity index (χ4v) is 0.862. The van der Waals surface area contributed by atoms with Crippen LogP contribution < -0.4 is 0 Å². The molecule has 1 atom stereocenters. The van der Waals surface area contributed by atoms with Crippen molar-refractivity contribution in [2.24, 2.45) is 7.05 Å². The number of aliphatic hydroxyl groups is 1. The third-order valence-electron chi connectivity index (χ3n) is 1.67. The summed E-state index contributed by atoms with van der Waals surface area (Å²) in [6.45, 7) is 1.73. The summed E-state index contributed by atoms with van der Waals surface area (Å²) in [4.78, 5) is 0. The van der Waals surface area contributed by atoms with Crippen molar-refractivity contribution in [3.63, 3.8) is 0 Å². The summed E-state index contributed by atoms with van der Waals surface area (Å²) in [7, 11) is 1.64. The van der Waals surface area contributed by atoms with Gasteiger partial charge < -0.3 is 5.11 Å². The Kier molecular flexibility index (Phi) is 2.42. The Bertz CT molecular complexity index is 253. The molecule has 3 nitrogen and oxygen atoms in total. The number of alkyl halides is 2. The fraction of sp³-hybridized carbons (Fsp3) is 0.571. The van der Waals surface area contributed by atoms with E-state index >= 15 is 0 Å². The Morgan fingerprint density at radius 3 is 2.50 bits per heavy atom. The molecule has 0 bridgehead atoms. The molecule has 0 aliphatic rings. The highest BCUT2D eigenvalue weighted by Crippen LogP contribution is 2.19. The highest BCUT2D eigenvalue weighted by atomic mass is 19.3. The van der Waals surface area contributed by atoms with Gasteiger partial charge in [0.25, 0.3) is 6.43 Å². The zero-order chi connectivity index (χ0) is 9.30. The molecule has 0 aliphatic heterocycles. The molecule has 0 saturated carbocycles. The largest absolute Gasteiger partial charge is 0.381 e. The normalized spacial score (nSPS) is 13.8. The molecule has 0 radical (unpaired) electrons. The van der Waals surface area contributed by atoms with Crippen LogP contribution in [-0.4, -0.2) is 21.3 Å². The minimum atomic E-state index is -2.78. The SMILES string of the molecule is Cc1cc(C(O)C(F)F)nn1C. The summed E-state index contributed by atoms with van der Waals surface area (Å²) in [6, 6.07) is 1.44. The molecular formula is C7H10F2N2O. The van der Waals surface area contributed by atoms with Crippen LogP contribution in [0.4, 0.5) is 8.78 Å². The summed E-state index contributed by atoms with van der Waals surface area (Å²) in [5, 5.41) is 12.6. The Morgan fingerprint density at radius 2 is 2.17 bits per heavy atom. The number of hydrogen-bond donors (Lipinski definition) is 1. The third kappa shape index (κ3) is 1.61. The van der Waals surface area contributed by atoms with Crippen LogP contribution >= 0.6 is 0 Å². The van der Waals surface area contributed by atoms with Crippen molar-refractivity contribution in [3.8, 4) is 0 Å². The lowest BCUT2D eigenvalue weighted by molar-refractivity contribution is -0.00847. The van der Waals surface area contributed by atoms with Crippen LogP contribution in [0.25, 0.3) is 0 Å². The number of aryl methyl sites for hydroxylation is 2. The van der Waals surface area contributed by atoms with E-state index in [1.165, 1.54) is 10.7 Å². The number of aromatic nitrogens is 2. The van der Waals surface area contributed by atoms with Gasteiger partial charge in [-0.2, -0.15) is 5.10 Å². The van der Waals surface area contributed by atoms with Gasteiger partial charge in [-0.3, -0.25) is 4.68 Å². The predicted molar refractivity (Wildman–Crippen MR) is 38.9 cm³/mol. The van der Waals surface area contributed by atoms with E-state index in [1.54, 1.807) is 14.0 Å². The minimum absolute atomic E-state index is 0.0185. The Hall–Kier alpha value is -0.970.